The van der Waals surface area contributed by atoms with E-state index in [4.69, 9.17) is 4.42 Å². The third-order valence-electron chi connectivity index (χ3n) is 4.80. The van der Waals surface area contributed by atoms with Crippen LogP contribution in [0.1, 0.15) is 56.3 Å². The van der Waals surface area contributed by atoms with Gasteiger partial charge in [-0.25, -0.2) is 0 Å². The van der Waals surface area contributed by atoms with Crippen LogP contribution in [-0.2, 0) is 0 Å². The van der Waals surface area contributed by atoms with Gasteiger partial charge in [0, 0.05) is 11.3 Å². The molecule has 1 saturated carbocycles. The Hall–Kier alpha value is -1.28. The van der Waals surface area contributed by atoms with E-state index in [1.807, 2.05) is 0 Å². The quantitative estimate of drug-likeness (QED) is 0.781. The van der Waals surface area contributed by atoms with Gasteiger partial charge in [0.05, 0.1) is 0 Å². The number of fused-ring (bicyclic) bond motifs is 1. The van der Waals surface area contributed by atoms with Crippen LogP contribution in [0.3, 0.4) is 0 Å². The number of rotatable bonds is 5. The molecule has 0 radical (unpaired) electrons. The minimum absolute atomic E-state index is 0.593. The smallest absolute Gasteiger partial charge is 0.134 e. The Balaban J connectivity index is 1.80. The molecule has 1 aromatic carbocycles. The highest BCUT2D eigenvalue weighted by Crippen LogP contribution is 2.39. The summed E-state index contributed by atoms with van der Waals surface area (Å²) in [5, 5.41) is 4.87. The first-order valence-electron chi connectivity index (χ1n) is 8.48. The molecule has 1 heterocycles. The summed E-state index contributed by atoms with van der Waals surface area (Å²) < 4.78 is 6.17. The molecule has 2 aromatic rings. The monoisotopic (exact) mass is 285 g/mol. The number of benzene rings is 1. The maximum absolute atomic E-state index is 6.17. The molecule has 2 nitrogen and oxygen atoms in total. The number of hydrogen-bond acceptors (Lipinski definition) is 2. The lowest BCUT2D eigenvalue weighted by molar-refractivity contribution is 0.268. The van der Waals surface area contributed by atoms with Crippen LogP contribution in [0, 0.1) is 12.8 Å². The Bertz CT molecular complexity index is 586. The minimum atomic E-state index is 0.593. The van der Waals surface area contributed by atoms with E-state index in [1.54, 1.807) is 0 Å². The Morgan fingerprint density at radius 1 is 1.19 bits per heavy atom. The summed E-state index contributed by atoms with van der Waals surface area (Å²) in [5.41, 5.74) is 2.35. The van der Waals surface area contributed by atoms with E-state index < -0.39 is 0 Å². The van der Waals surface area contributed by atoms with Gasteiger partial charge in [-0.05, 0) is 63.4 Å². The Kier molecular flexibility index (Phi) is 4.64. The predicted molar refractivity (Wildman–Crippen MR) is 88.8 cm³/mol. The third-order valence-corrected chi connectivity index (χ3v) is 4.80. The molecule has 0 aliphatic heterocycles. The first kappa shape index (κ1) is 14.6. The van der Waals surface area contributed by atoms with Crippen molar-refractivity contribution < 1.29 is 4.42 Å². The van der Waals surface area contributed by atoms with Crippen molar-refractivity contribution in [1.82, 2.24) is 5.32 Å². The molecular formula is C19H27NO. The molecule has 1 N–H and O–H groups in total. The van der Waals surface area contributed by atoms with Crippen LogP contribution in [0.5, 0.6) is 0 Å². The summed E-state index contributed by atoms with van der Waals surface area (Å²) in [5.74, 6) is 2.53. The molecule has 2 atom stereocenters. The van der Waals surface area contributed by atoms with Crippen LogP contribution < -0.4 is 5.32 Å². The number of furan rings is 1. The van der Waals surface area contributed by atoms with Gasteiger partial charge in [-0.3, -0.25) is 0 Å². The topological polar surface area (TPSA) is 25.2 Å². The van der Waals surface area contributed by atoms with Crippen LogP contribution in [-0.4, -0.2) is 13.1 Å². The number of hydrogen-bond donors (Lipinski definition) is 1. The third kappa shape index (κ3) is 3.32. The molecule has 3 rings (SSSR count). The van der Waals surface area contributed by atoms with Crippen molar-refractivity contribution in [2.24, 2.45) is 5.92 Å². The normalized spacial score (nSPS) is 22.8. The van der Waals surface area contributed by atoms with E-state index in [-0.39, 0.29) is 0 Å². The van der Waals surface area contributed by atoms with Crippen molar-refractivity contribution in [2.45, 2.75) is 51.9 Å². The maximum atomic E-state index is 6.17. The molecule has 1 aliphatic rings. The van der Waals surface area contributed by atoms with E-state index in [1.165, 1.54) is 48.8 Å². The predicted octanol–water partition coefficient (Wildman–Crippen LogP) is 5.01. The number of aryl methyl sites for hydroxylation is 1. The summed E-state index contributed by atoms with van der Waals surface area (Å²) in [6.07, 6.45) is 6.52. The van der Waals surface area contributed by atoms with Gasteiger partial charge in [0.2, 0.25) is 0 Å². The fourth-order valence-electron chi connectivity index (χ4n) is 3.66. The van der Waals surface area contributed by atoms with E-state index in [9.17, 15) is 0 Å². The van der Waals surface area contributed by atoms with Crippen LogP contribution in [0.4, 0.5) is 0 Å². The Labute approximate surface area is 127 Å². The van der Waals surface area contributed by atoms with Gasteiger partial charge >= 0.3 is 0 Å². The molecule has 0 amide bonds. The van der Waals surface area contributed by atoms with Crippen molar-refractivity contribution in [1.29, 1.82) is 0 Å². The minimum Gasteiger partial charge on any atom is -0.461 e. The van der Waals surface area contributed by atoms with Crippen LogP contribution in [0.15, 0.2) is 28.7 Å². The van der Waals surface area contributed by atoms with Crippen LogP contribution >= 0.6 is 0 Å². The van der Waals surface area contributed by atoms with E-state index in [2.05, 4.69) is 43.4 Å². The molecule has 2 heteroatoms. The zero-order valence-electron chi connectivity index (χ0n) is 13.3. The summed E-state index contributed by atoms with van der Waals surface area (Å²) >= 11 is 0. The zero-order chi connectivity index (χ0) is 14.7. The first-order valence-corrected chi connectivity index (χ1v) is 8.48. The van der Waals surface area contributed by atoms with Crippen molar-refractivity contribution in [3.05, 3.63) is 35.6 Å². The van der Waals surface area contributed by atoms with Gasteiger partial charge in [0.1, 0.15) is 11.3 Å². The summed E-state index contributed by atoms with van der Waals surface area (Å²) in [6.45, 7) is 6.63. The van der Waals surface area contributed by atoms with Crippen LogP contribution in [0.2, 0.25) is 0 Å². The Morgan fingerprint density at radius 2 is 2.05 bits per heavy atom. The van der Waals surface area contributed by atoms with Crippen molar-refractivity contribution in [3.63, 3.8) is 0 Å². The second kappa shape index (κ2) is 6.65. The molecule has 0 bridgehead atoms. The summed E-state index contributed by atoms with van der Waals surface area (Å²) in [7, 11) is 0. The lowest BCUT2D eigenvalue weighted by Gasteiger charge is -2.30. The van der Waals surface area contributed by atoms with Crippen molar-refractivity contribution in [3.8, 4) is 0 Å². The lowest BCUT2D eigenvalue weighted by Crippen LogP contribution is -2.29. The molecule has 2 unspecified atom stereocenters. The molecule has 114 valence electrons. The van der Waals surface area contributed by atoms with Gasteiger partial charge in [-0.1, -0.05) is 31.4 Å². The van der Waals surface area contributed by atoms with Gasteiger partial charge in [-0.15, -0.1) is 0 Å². The molecular weight excluding hydrogens is 258 g/mol. The first-order chi connectivity index (χ1) is 10.3. The van der Waals surface area contributed by atoms with Crippen LogP contribution in [0.25, 0.3) is 11.0 Å². The second-order valence-electron chi connectivity index (χ2n) is 6.55. The van der Waals surface area contributed by atoms with E-state index in [0.717, 1.165) is 24.6 Å². The molecule has 0 saturated heterocycles. The van der Waals surface area contributed by atoms with Gasteiger partial charge in [0.25, 0.3) is 0 Å². The van der Waals surface area contributed by atoms with Crippen molar-refractivity contribution in [2.75, 3.05) is 13.1 Å². The van der Waals surface area contributed by atoms with E-state index >= 15 is 0 Å². The fourth-order valence-corrected chi connectivity index (χ4v) is 3.66. The lowest BCUT2D eigenvalue weighted by atomic mass is 9.78. The highest BCUT2D eigenvalue weighted by molar-refractivity contribution is 5.78. The van der Waals surface area contributed by atoms with Gasteiger partial charge in [-0.2, -0.15) is 0 Å². The SMILES string of the molecule is CCCNCC1CCCCC1c1cc2cc(C)ccc2o1. The largest absolute Gasteiger partial charge is 0.461 e. The average molecular weight is 285 g/mol. The molecule has 1 aliphatic carbocycles. The molecule has 1 aromatic heterocycles. The fraction of sp³-hybridized carbons (Fsp3) is 0.579. The van der Waals surface area contributed by atoms with Gasteiger partial charge in [0.15, 0.2) is 0 Å². The summed E-state index contributed by atoms with van der Waals surface area (Å²) in [6, 6.07) is 8.76. The zero-order valence-corrected chi connectivity index (χ0v) is 13.3. The van der Waals surface area contributed by atoms with E-state index in [0.29, 0.717) is 5.92 Å². The number of nitrogens with one attached hydrogen (secondary N) is 1. The van der Waals surface area contributed by atoms with Gasteiger partial charge < -0.3 is 9.73 Å². The second-order valence-corrected chi connectivity index (χ2v) is 6.55. The van der Waals surface area contributed by atoms with Crippen molar-refractivity contribution >= 4 is 11.0 Å². The molecule has 21 heavy (non-hydrogen) atoms. The highest BCUT2D eigenvalue weighted by Gasteiger charge is 2.28. The maximum Gasteiger partial charge on any atom is 0.134 e. The average Bonchev–Trinajstić information content (AvgIpc) is 2.91. The molecule has 1 fully saturated rings. The summed E-state index contributed by atoms with van der Waals surface area (Å²) in [4.78, 5) is 0. The molecule has 0 spiro atoms. The highest BCUT2D eigenvalue weighted by atomic mass is 16.3. The Morgan fingerprint density at radius 3 is 2.90 bits per heavy atom. The standard InChI is InChI=1S/C19H27NO/c1-3-10-20-13-15-6-4-5-7-17(15)19-12-16-11-14(2)8-9-18(16)21-19/h8-9,11-12,15,17,20H,3-7,10,13H2,1-2H3.